The smallest absolute Gasteiger partial charge is 0.260 e. The molecular weight excluding hydrogens is 543 g/mol. The minimum absolute atomic E-state index is 0. The highest BCUT2D eigenvalue weighted by Crippen LogP contribution is 2.33. The lowest BCUT2D eigenvalue weighted by atomic mass is 10.1. The number of pyridine rings is 1. The van der Waals surface area contributed by atoms with E-state index in [-0.39, 0.29) is 24.1 Å². The number of nitrogens with zero attached hydrogens (tertiary/aromatic N) is 4. The second-order valence-electron chi connectivity index (χ2n) is 8.92. The van der Waals surface area contributed by atoms with E-state index >= 15 is 0 Å². The number of aromatic nitrogens is 2. The molecule has 5 aromatic rings. The van der Waals surface area contributed by atoms with Crippen molar-refractivity contribution in [1.29, 1.82) is 0 Å². The van der Waals surface area contributed by atoms with Crippen LogP contribution in [0.2, 0.25) is 0 Å². The maximum absolute atomic E-state index is 14.3. The zero-order chi connectivity index (χ0) is 25.2. The fraction of sp³-hybridized carbons (Fsp3) is 0.250. The first-order valence-electron chi connectivity index (χ1n) is 12.3. The van der Waals surface area contributed by atoms with E-state index in [1.807, 2.05) is 47.8 Å². The highest BCUT2D eigenvalue weighted by molar-refractivity contribution is 7.22. The summed E-state index contributed by atoms with van der Waals surface area (Å²) in [5.41, 5.74) is 2.82. The van der Waals surface area contributed by atoms with Crippen molar-refractivity contribution in [3.63, 3.8) is 0 Å². The Morgan fingerprint density at radius 2 is 1.87 bits per heavy atom. The van der Waals surface area contributed by atoms with Crippen LogP contribution >= 0.6 is 35.1 Å². The van der Waals surface area contributed by atoms with Gasteiger partial charge in [-0.3, -0.25) is 14.6 Å². The quantitative estimate of drug-likeness (QED) is 0.224. The minimum Gasteiger partial charge on any atom is -0.379 e. The van der Waals surface area contributed by atoms with Gasteiger partial charge in [0.1, 0.15) is 5.82 Å². The molecule has 1 aliphatic rings. The number of hydrogen-bond donors (Lipinski definition) is 0. The van der Waals surface area contributed by atoms with E-state index in [1.54, 1.807) is 22.3 Å². The highest BCUT2D eigenvalue weighted by Gasteiger charge is 2.25. The van der Waals surface area contributed by atoms with Crippen molar-refractivity contribution in [3.8, 4) is 10.6 Å². The molecule has 1 aliphatic heterocycles. The van der Waals surface area contributed by atoms with Crippen LogP contribution in [-0.4, -0.2) is 60.2 Å². The van der Waals surface area contributed by atoms with Gasteiger partial charge in [0.25, 0.3) is 5.91 Å². The number of halogens is 2. The molecule has 1 amide bonds. The second kappa shape index (κ2) is 11.8. The average molecular weight is 569 g/mol. The molecule has 0 saturated carbocycles. The lowest BCUT2D eigenvalue weighted by Crippen LogP contribution is -2.39. The zero-order valence-corrected chi connectivity index (χ0v) is 23.0. The monoisotopic (exact) mass is 568 g/mol. The number of anilines is 1. The van der Waals surface area contributed by atoms with Gasteiger partial charge in [0.15, 0.2) is 5.13 Å². The topological polar surface area (TPSA) is 58.6 Å². The van der Waals surface area contributed by atoms with Crippen LogP contribution in [0.25, 0.3) is 31.7 Å². The molecule has 1 saturated heterocycles. The molecule has 4 heterocycles. The Hall–Kier alpha value is -2.95. The molecule has 0 atom stereocenters. The Balaban J connectivity index is 0.00000294. The van der Waals surface area contributed by atoms with Gasteiger partial charge in [-0.05, 0) is 48.2 Å². The van der Waals surface area contributed by atoms with E-state index in [0.29, 0.717) is 22.8 Å². The van der Waals surface area contributed by atoms with E-state index < -0.39 is 0 Å². The Bertz CT molecular complexity index is 1550. The highest BCUT2D eigenvalue weighted by atomic mass is 35.5. The first-order chi connectivity index (χ1) is 18.2. The van der Waals surface area contributed by atoms with Crippen molar-refractivity contribution in [3.05, 3.63) is 77.4 Å². The minimum atomic E-state index is -0.311. The first kappa shape index (κ1) is 26.6. The Kier molecular flexibility index (Phi) is 8.30. The lowest BCUT2D eigenvalue weighted by molar-refractivity contribution is 0.0376. The molecule has 3 aromatic heterocycles. The number of hydrogen-bond acceptors (Lipinski definition) is 7. The molecule has 196 valence electrons. The van der Waals surface area contributed by atoms with Crippen molar-refractivity contribution in [2.24, 2.45) is 0 Å². The molecule has 0 bridgehead atoms. The third kappa shape index (κ3) is 5.57. The molecule has 6 nitrogen and oxygen atoms in total. The van der Waals surface area contributed by atoms with Crippen LogP contribution in [-0.2, 0) is 4.74 Å². The van der Waals surface area contributed by atoms with Crippen LogP contribution in [0.1, 0.15) is 16.8 Å². The number of carbonyl (C=O) groups is 1. The number of rotatable bonds is 7. The van der Waals surface area contributed by atoms with Gasteiger partial charge in [-0.1, -0.05) is 35.6 Å². The first-order valence-corrected chi connectivity index (χ1v) is 14.0. The van der Waals surface area contributed by atoms with Crippen LogP contribution in [0.15, 0.2) is 66.0 Å². The molecule has 0 spiro atoms. The lowest BCUT2D eigenvalue weighted by Gasteiger charge is -2.28. The summed E-state index contributed by atoms with van der Waals surface area (Å²) in [6, 6.07) is 18.2. The zero-order valence-electron chi connectivity index (χ0n) is 20.5. The molecule has 1 fully saturated rings. The van der Waals surface area contributed by atoms with E-state index in [0.717, 1.165) is 65.4 Å². The van der Waals surface area contributed by atoms with E-state index in [9.17, 15) is 9.18 Å². The fourth-order valence-corrected chi connectivity index (χ4v) is 6.31. The van der Waals surface area contributed by atoms with Gasteiger partial charge in [0.2, 0.25) is 0 Å². The summed E-state index contributed by atoms with van der Waals surface area (Å²) in [7, 11) is 0. The van der Waals surface area contributed by atoms with Crippen LogP contribution in [0.4, 0.5) is 9.52 Å². The summed E-state index contributed by atoms with van der Waals surface area (Å²) < 4.78 is 20.1. The van der Waals surface area contributed by atoms with Crippen molar-refractivity contribution in [1.82, 2.24) is 14.9 Å². The summed E-state index contributed by atoms with van der Waals surface area (Å²) in [6.07, 6.45) is 0.789. The Morgan fingerprint density at radius 1 is 1.03 bits per heavy atom. The number of thiophene rings is 1. The Labute approximate surface area is 234 Å². The summed E-state index contributed by atoms with van der Waals surface area (Å²) in [6.45, 7) is 4.63. The number of para-hydroxylation sites is 1. The van der Waals surface area contributed by atoms with Crippen molar-refractivity contribution in [2.45, 2.75) is 6.42 Å². The van der Waals surface area contributed by atoms with Crippen LogP contribution < -0.4 is 4.90 Å². The molecule has 2 aromatic carbocycles. The summed E-state index contributed by atoms with van der Waals surface area (Å²) >= 11 is 2.94. The maximum atomic E-state index is 14.3. The Morgan fingerprint density at radius 3 is 2.68 bits per heavy atom. The number of amides is 1. The van der Waals surface area contributed by atoms with Crippen LogP contribution in [0.5, 0.6) is 0 Å². The van der Waals surface area contributed by atoms with Gasteiger partial charge >= 0.3 is 0 Å². The maximum Gasteiger partial charge on any atom is 0.260 e. The van der Waals surface area contributed by atoms with Crippen molar-refractivity contribution in [2.75, 3.05) is 44.3 Å². The molecule has 6 rings (SSSR count). The van der Waals surface area contributed by atoms with Gasteiger partial charge < -0.3 is 4.74 Å². The third-order valence-electron chi connectivity index (χ3n) is 6.50. The van der Waals surface area contributed by atoms with Crippen LogP contribution in [0.3, 0.4) is 0 Å². The number of fused-ring (bicyclic) bond motifs is 2. The van der Waals surface area contributed by atoms with E-state index in [1.165, 1.54) is 23.5 Å². The average Bonchev–Trinajstić information content (AvgIpc) is 3.61. The molecule has 0 N–H and O–H groups in total. The predicted molar refractivity (Wildman–Crippen MR) is 155 cm³/mol. The van der Waals surface area contributed by atoms with Crippen LogP contribution in [0, 0.1) is 5.82 Å². The number of ether oxygens (including phenoxy) is 1. The van der Waals surface area contributed by atoms with Gasteiger partial charge in [0.05, 0.1) is 45.1 Å². The molecular formula is C28H26ClFN4O2S2. The van der Waals surface area contributed by atoms with Crippen molar-refractivity contribution >= 4 is 67.2 Å². The standard InChI is InChI=1S/C28H25FN4O2S2.ClH/c29-19-8-9-23-26(17-19)37-28(31-23)33(11-4-10-32-12-14-35-15-13-32)27(34)21-18-24(25-7-3-16-36-25)30-22-6-2-1-5-20(21)22;/h1-3,5-9,16-18H,4,10-15H2;1H. The van der Waals surface area contributed by atoms with Gasteiger partial charge in [-0.25, -0.2) is 14.4 Å². The van der Waals surface area contributed by atoms with Gasteiger partial charge in [-0.15, -0.1) is 23.7 Å². The largest absolute Gasteiger partial charge is 0.379 e. The predicted octanol–water partition coefficient (Wildman–Crippen LogP) is 6.50. The van der Waals surface area contributed by atoms with E-state index in [4.69, 9.17) is 14.7 Å². The number of benzene rings is 2. The van der Waals surface area contributed by atoms with Gasteiger partial charge in [0, 0.05) is 31.6 Å². The molecule has 0 aliphatic carbocycles. The van der Waals surface area contributed by atoms with E-state index in [2.05, 4.69) is 4.90 Å². The second-order valence-corrected chi connectivity index (χ2v) is 10.9. The fourth-order valence-electron chi connectivity index (χ4n) is 4.61. The third-order valence-corrected chi connectivity index (χ3v) is 8.43. The number of morpholine rings is 1. The van der Waals surface area contributed by atoms with Crippen molar-refractivity contribution < 1.29 is 13.9 Å². The molecule has 10 heteroatoms. The number of carbonyl (C=O) groups excluding carboxylic acids is 1. The number of thiazole rings is 1. The SMILES string of the molecule is Cl.O=C(c1cc(-c2cccs2)nc2ccccc12)N(CCCN1CCOCC1)c1nc2ccc(F)cc2s1. The normalized spacial score (nSPS) is 14.0. The molecule has 38 heavy (non-hydrogen) atoms. The molecule has 0 unspecified atom stereocenters. The molecule has 0 radical (unpaired) electrons. The summed E-state index contributed by atoms with van der Waals surface area (Å²) in [4.78, 5) is 28.9. The summed E-state index contributed by atoms with van der Waals surface area (Å²) in [5, 5.41) is 3.38. The van der Waals surface area contributed by atoms with Gasteiger partial charge in [-0.2, -0.15) is 0 Å². The summed E-state index contributed by atoms with van der Waals surface area (Å²) in [5.74, 6) is -0.438.